The van der Waals surface area contributed by atoms with Gasteiger partial charge >= 0.3 is 6.03 Å². The molecule has 1 saturated heterocycles. The summed E-state index contributed by atoms with van der Waals surface area (Å²) in [5.41, 5.74) is 2.50. The maximum atomic E-state index is 12.0. The number of rotatable bonds is 5. The molecule has 0 aliphatic carbocycles. The van der Waals surface area contributed by atoms with Gasteiger partial charge in [0.1, 0.15) is 0 Å². The molecule has 24 heavy (non-hydrogen) atoms. The zero-order chi connectivity index (χ0) is 16.8. The molecule has 0 radical (unpaired) electrons. The number of benzene rings is 1. The van der Waals surface area contributed by atoms with Crippen molar-refractivity contribution >= 4 is 17.6 Å². The summed E-state index contributed by atoms with van der Waals surface area (Å²) >= 11 is 0. The Morgan fingerprint density at radius 3 is 2.83 bits per heavy atom. The number of nitrogens with zero attached hydrogens (tertiary/aromatic N) is 1. The van der Waals surface area contributed by atoms with Crippen LogP contribution in [0, 0.1) is 5.92 Å². The average Bonchev–Trinajstić information content (AvgIpc) is 3.01. The second-order valence-electron chi connectivity index (χ2n) is 5.84. The van der Waals surface area contributed by atoms with Crippen molar-refractivity contribution < 1.29 is 9.59 Å². The summed E-state index contributed by atoms with van der Waals surface area (Å²) in [6.45, 7) is 1.25. The third kappa shape index (κ3) is 4.32. The second kappa shape index (κ2) is 7.59. The van der Waals surface area contributed by atoms with Crippen molar-refractivity contribution in [1.29, 1.82) is 0 Å². The van der Waals surface area contributed by atoms with Gasteiger partial charge in [-0.25, -0.2) is 4.79 Å². The van der Waals surface area contributed by atoms with Crippen LogP contribution < -0.4 is 16.0 Å². The lowest BCUT2D eigenvalue weighted by Gasteiger charge is -2.10. The van der Waals surface area contributed by atoms with E-state index in [1.165, 1.54) is 0 Å². The largest absolute Gasteiger partial charge is 0.356 e. The van der Waals surface area contributed by atoms with Crippen LogP contribution in [0.25, 0.3) is 11.3 Å². The summed E-state index contributed by atoms with van der Waals surface area (Å²) in [5.74, 6) is 0.401. The fourth-order valence-electron chi connectivity index (χ4n) is 2.71. The second-order valence-corrected chi connectivity index (χ2v) is 5.84. The number of aromatic nitrogens is 1. The molecule has 2 heterocycles. The van der Waals surface area contributed by atoms with Crippen molar-refractivity contribution in [2.45, 2.75) is 12.8 Å². The van der Waals surface area contributed by atoms with E-state index in [0.29, 0.717) is 31.1 Å². The first-order valence-corrected chi connectivity index (χ1v) is 8.04. The summed E-state index contributed by atoms with van der Waals surface area (Å²) in [6, 6.07) is 13.1. The minimum Gasteiger partial charge on any atom is -0.356 e. The zero-order valence-corrected chi connectivity index (χ0v) is 13.3. The van der Waals surface area contributed by atoms with Crippen molar-refractivity contribution in [3.63, 3.8) is 0 Å². The minimum absolute atomic E-state index is 0.0923. The molecule has 1 fully saturated rings. The molecule has 1 atom stereocenters. The molecule has 1 unspecified atom stereocenters. The smallest absolute Gasteiger partial charge is 0.319 e. The Bertz CT molecular complexity index is 718. The Morgan fingerprint density at radius 1 is 1.25 bits per heavy atom. The number of amides is 3. The van der Waals surface area contributed by atoms with Crippen molar-refractivity contribution in [1.82, 2.24) is 15.6 Å². The van der Waals surface area contributed by atoms with Crippen LogP contribution in [-0.2, 0) is 4.79 Å². The first-order chi connectivity index (χ1) is 11.7. The molecule has 3 amide bonds. The van der Waals surface area contributed by atoms with Crippen molar-refractivity contribution in [2.24, 2.45) is 5.92 Å². The van der Waals surface area contributed by atoms with Crippen LogP contribution in [0.15, 0.2) is 48.7 Å². The Labute approximate surface area is 140 Å². The normalized spacial score (nSPS) is 16.5. The van der Waals surface area contributed by atoms with Gasteiger partial charge in [0.2, 0.25) is 5.91 Å². The van der Waals surface area contributed by atoms with E-state index in [0.717, 1.165) is 17.7 Å². The Morgan fingerprint density at radius 2 is 2.08 bits per heavy atom. The maximum Gasteiger partial charge on any atom is 0.319 e. The van der Waals surface area contributed by atoms with Gasteiger partial charge in [-0.15, -0.1) is 0 Å². The molecule has 1 aromatic heterocycles. The third-order valence-electron chi connectivity index (χ3n) is 3.99. The van der Waals surface area contributed by atoms with Gasteiger partial charge in [-0.1, -0.05) is 30.3 Å². The molecule has 124 valence electrons. The molecule has 1 aliphatic rings. The lowest BCUT2D eigenvalue weighted by atomic mass is 10.1. The zero-order valence-electron chi connectivity index (χ0n) is 13.3. The monoisotopic (exact) mass is 324 g/mol. The Balaban J connectivity index is 1.50. The van der Waals surface area contributed by atoms with Crippen LogP contribution >= 0.6 is 0 Å². The molecular weight excluding hydrogens is 304 g/mol. The quantitative estimate of drug-likeness (QED) is 0.790. The summed E-state index contributed by atoms with van der Waals surface area (Å²) in [5, 5.41) is 8.43. The summed E-state index contributed by atoms with van der Waals surface area (Å²) in [4.78, 5) is 27.4. The van der Waals surface area contributed by atoms with Gasteiger partial charge in [-0.3, -0.25) is 9.78 Å². The highest BCUT2D eigenvalue weighted by Crippen LogP contribution is 2.19. The molecule has 1 aliphatic heterocycles. The average molecular weight is 324 g/mol. The van der Waals surface area contributed by atoms with Crippen molar-refractivity contribution in [3.8, 4) is 11.3 Å². The van der Waals surface area contributed by atoms with Crippen LogP contribution in [0.2, 0.25) is 0 Å². The number of carbonyl (C=O) groups excluding carboxylic acids is 2. The molecule has 1 aromatic carbocycles. The first kappa shape index (κ1) is 16.0. The predicted octanol–water partition coefficient (Wildman–Crippen LogP) is 2.40. The van der Waals surface area contributed by atoms with E-state index in [9.17, 15) is 9.59 Å². The lowest BCUT2D eigenvalue weighted by Crippen LogP contribution is -2.30. The minimum atomic E-state index is -0.252. The molecular formula is C18H20N4O2. The fraction of sp³-hybridized carbons (Fsp3) is 0.278. The van der Waals surface area contributed by atoms with Gasteiger partial charge in [-0.2, -0.15) is 0 Å². The van der Waals surface area contributed by atoms with Crippen LogP contribution in [0.1, 0.15) is 12.8 Å². The Kier molecular flexibility index (Phi) is 5.05. The molecule has 0 saturated carbocycles. The van der Waals surface area contributed by atoms with Gasteiger partial charge in [0.25, 0.3) is 0 Å². The van der Waals surface area contributed by atoms with E-state index >= 15 is 0 Å². The van der Waals surface area contributed by atoms with Gasteiger partial charge in [-0.05, 0) is 24.5 Å². The van der Waals surface area contributed by atoms with Gasteiger partial charge in [0.05, 0.1) is 5.69 Å². The van der Waals surface area contributed by atoms with Gasteiger partial charge in [0, 0.05) is 37.0 Å². The highest BCUT2D eigenvalue weighted by atomic mass is 16.2. The number of pyridine rings is 1. The van der Waals surface area contributed by atoms with Gasteiger partial charge in [0.15, 0.2) is 0 Å². The molecule has 6 heteroatoms. The SMILES string of the molecule is O=C1CC(CCNC(=O)Nc2ccnc(-c3ccccc3)c2)CN1. The van der Waals surface area contributed by atoms with Crippen molar-refractivity contribution in [2.75, 3.05) is 18.4 Å². The molecule has 2 aromatic rings. The van der Waals surface area contributed by atoms with E-state index in [2.05, 4.69) is 20.9 Å². The van der Waals surface area contributed by atoms with Crippen LogP contribution in [0.3, 0.4) is 0 Å². The van der Waals surface area contributed by atoms with Crippen molar-refractivity contribution in [3.05, 3.63) is 48.7 Å². The molecule has 6 nitrogen and oxygen atoms in total. The number of hydrogen-bond acceptors (Lipinski definition) is 3. The number of anilines is 1. The van der Waals surface area contributed by atoms with Crippen LogP contribution in [0.4, 0.5) is 10.5 Å². The van der Waals surface area contributed by atoms with E-state index in [-0.39, 0.29) is 11.9 Å². The van der Waals surface area contributed by atoms with E-state index in [1.54, 1.807) is 12.3 Å². The van der Waals surface area contributed by atoms with E-state index < -0.39 is 0 Å². The van der Waals surface area contributed by atoms with Gasteiger partial charge < -0.3 is 16.0 Å². The number of carbonyl (C=O) groups is 2. The Hall–Kier alpha value is -2.89. The topological polar surface area (TPSA) is 83.1 Å². The molecule has 0 spiro atoms. The lowest BCUT2D eigenvalue weighted by molar-refractivity contribution is -0.119. The molecule has 0 bridgehead atoms. The fourth-order valence-corrected chi connectivity index (χ4v) is 2.71. The van der Waals surface area contributed by atoms with Crippen LogP contribution in [-0.4, -0.2) is 30.0 Å². The molecule has 3 rings (SSSR count). The van der Waals surface area contributed by atoms with E-state index in [4.69, 9.17) is 0 Å². The number of hydrogen-bond donors (Lipinski definition) is 3. The maximum absolute atomic E-state index is 12.0. The summed E-state index contributed by atoms with van der Waals surface area (Å²) in [7, 11) is 0. The third-order valence-corrected chi connectivity index (χ3v) is 3.99. The predicted molar refractivity (Wildman–Crippen MR) is 92.4 cm³/mol. The standard InChI is InChI=1S/C18H20N4O2/c23-17-10-13(12-21-17)6-8-20-18(24)22-15-7-9-19-16(11-15)14-4-2-1-3-5-14/h1-5,7,9,11,13H,6,8,10,12H2,(H,21,23)(H2,19,20,22,24). The highest BCUT2D eigenvalue weighted by Gasteiger charge is 2.20. The number of nitrogens with one attached hydrogen (secondary N) is 3. The highest BCUT2D eigenvalue weighted by molar-refractivity contribution is 5.89. The van der Waals surface area contributed by atoms with E-state index in [1.807, 2.05) is 36.4 Å². The summed E-state index contributed by atoms with van der Waals surface area (Å²) < 4.78 is 0. The number of urea groups is 1. The van der Waals surface area contributed by atoms with Crippen LogP contribution in [0.5, 0.6) is 0 Å². The molecule has 3 N–H and O–H groups in total. The first-order valence-electron chi connectivity index (χ1n) is 8.04. The summed E-state index contributed by atoms with van der Waals surface area (Å²) in [6.07, 6.45) is 3.01.